The maximum absolute atomic E-state index is 12.3. The highest BCUT2D eigenvalue weighted by Crippen LogP contribution is 2.60. The molecule has 134 valence electrons. The Morgan fingerprint density at radius 1 is 1.42 bits per heavy atom. The first-order chi connectivity index (χ1) is 11.2. The minimum Gasteiger partial charge on any atom is -0.460 e. The van der Waals surface area contributed by atoms with Gasteiger partial charge in [-0.1, -0.05) is 24.5 Å². The molecule has 5 nitrogen and oxygen atoms in total. The Morgan fingerprint density at radius 3 is 2.71 bits per heavy atom. The quantitative estimate of drug-likeness (QED) is 0.303. The van der Waals surface area contributed by atoms with Crippen LogP contribution in [0.4, 0.5) is 0 Å². The van der Waals surface area contributed by atoms with E-state index in [1.807, 2.05) is 20.8 Å². The summed E-state index contributed by atoms with van der Waals surface area (Å²) < 4.78 is 5.43. The first-order valence-corrected chi connectivity index (χ1v) is 9.20. The van der Waals surface area contributed by atoms with E-state index in [9.17, 15) is 14.9 Å². The van der Waals surface area contributed by atoms with Gasteiger partial charge in [0.1, 0.15) is 5.60 Å². The van der Waals surface area contributed by atoms with Crippen molar-refractivity contribution in [3.8, 4) is 0 Å². The van der Waals surface area contributed by atoms with Crippen LogP contribution in [-0.4, -0.2) is 23.0 Å². The van der Waals surface area contributed by atoms with E-state index in [-0.39, 0.29) is 29.8 Å². The van der Waals surface area contributed by atoms with Gasteiger partial charge in [0.05, 0.1) is 11.8 Å². The number of esters is 1. The highest BCUT2D eigenvalue weighted by Gasteiger charge is 2.59. The van der Waals surface area contributed by atoms with Crippen LogP contribution in [0.2, 0.25) is 0 Å². The van der Waals surface area contributed by atoms with Gasteiger partial charge in [-0.05, 0) is 64.2 Å². The zero-order valence-electron chi connectivity index (χ0n) is 15.0. The summed E-state index contributed by atoms with van der Waals surface area (Å²) in [6, 6.07) is 0. The fourth-order valence-electron chi connectivity index (χ4n) is 4.61. The molecule has 5 heteroatoms. The number of carbonyl (C=O) groups excluding carboxylic acids is 1. The fraction of sp³-hybridized carbons (Fsp3) is 0.842. The Balaban J connectivity index is 1.66. The topological polar surface area (TPSA) is 69.4 Å². The Kier molecular flexibility index (Phi) is 4.47. The zero-order chi connectivity index (χ0) is 17.5. The molecule has 0 aliphatic heterocycles. The summed E-state index contributed by atoms with van der Waals surface area (Å²) in [4.78, 5) is 23.2. The van der Waals surface area contributed by atoms with Crippen LogP contribution < -0.4 is 0 Å². The molecule has 0 aromatic heterocycles. The molecule has 0 unspecified atom stereocenters. The predicted molar refractivity (Wildman–Crippen MR) is 91.0 cm³/mol. The van der Waals surface area contributed by atoms with Gasteiger partial charge in [0.15, 0.2) is 0 Å². The van der Waals surface area contributed by atoms with Crippen molar-refractivity contribution in [2.24, 2.45) is 23.2 Å². The smallest absolute Gasteiger partial charge is 0.307 e. The molecular formula is C19H29NO4. The van der Waals surface area contributed by atoms with Crippen molar-refractivity contribution in [2.45, 2.75) is 71.3 Å². The molecular weight excluding hydrogens is 306 g/mol. The van der Waals surface area contributed by atoms with Gasteiger partial charge >= 0.3 is 5.97 Å². The minimum absolute atomic E-state index is 0.125. The summed E-state index contributed by atoms with van der Waals surface area (Å²) in [5.74, 6) is 1.29. The standard InChI is InChI=1S/C19H29NO4/c1-18(2,3)24-17(21)11-19(12-20(22)23)10-15-8-14(9-16(15)19)7-6-13-4-5-13/h9,13,15-16H,4-8,10-12H2,1-3H3/t15-,16-,19-/m1/s1. The van der Waals surface area contributed by atoms with Crippen LogP contribution in [-0.2, 0) is 9.53 Å². The highest BCUT2D eigenvalue weighted by atomic mass is 16.6. The second kappa shape index (κ2) is 6.16. The van der Waals surface area contributed by atoms with Crippen LogP contribution in [0.5, 0.6) is 0 Å². The number of hydrogen-bond donors (Lipinski definition) is 0. The van der Waals surface area contributed by atoms with E-state index in [0.29, 0.717) is 5.92 Å². The van der Waals surface area contributed by atoms with Crippen LogP contribution in [0.15, 0.2) is 11.6 Å². The number of nitrogens with zero attached hydrogens (tertiary/aromatic N) is 1. The lowest BCUT2D eigenvalue weighted by atomic mass is 9.53. The van der Waals surface area contributed by atoms with E-state index in [0.717, 1.165) is 25.2 Å². The van der Waals surface area contributed by atoms with Gasteiger partial charge in [0, 0.05) is 4.92 Å². The Hall–Kier alpha value is -1.39. The van der Waals surface area contributed by atoms with E-state index in [4.69, 9.17) is 4.74 Å². The summed E-state index contributed by atoms with van der Waals surface area (Å²) >= 11 is 0. The third-order valence-corrected chi connectivity index (χ3v) is 5.75. The lowest BCUT2D eigenvalue weighted by Gasteiger charge is -2.49. The monoisotopic (exact) mass is 335 g/mol. The molecule has 0 aromatic carbocycles. The highest BCUT2D eigenvalue weighted by molar-refractivity contribution is 5.71. The second-order valence-corrected chi connectivity index (χ2v) is 9.12. The third kappa shape index (κ3) is 3.98. The normalized spacial score (nSPS) is 31.9. The molecule has 0 spiro atoms. The molecule has 0 saturated heterocycles. The van der Waals surface area contributed by atoms with Crippen molar-refractivity contribution in [1.82, 2.24) is 0 Å². The van der Waals surface area contributed by atoms with Crippen LogP contribution in [0.25, 0.3) is 0 Å². The first-order valence-electron chi connectivity index (χ1n) is 9.20. The molecule has 3 atom stereocenters. The lowest BCUT2D eigenvalue weighted by Crippen LogP contribution is -2.51. The van der Waals surface area contributed by atoms with Gasteiger partial charge in [0.2, 0.25) is 6.54 Å². The molecule has 3 rings (SSSR count). The number of nitro groups is 1. The van der Waals surface area contributed by atoms with Crippen molar-refractivity contribution in [1.29, 1.82) is 0 Å². The van der Waals surface area contributed by atoms with Crippen LogP contribution in [0.3, 0.4) is 0 Å². The Labute approximate surface area is 144 Å². The molecule has 3 aliphatic rings. The average Bonchev–Trinajstić information content (AvgIpc) is 3.16. The maximum Gasteiger partial charge on any atom is 0.307 e. The van der Waals surface area contributed by atoms with Crippen LogP contribution >= 0.6 is 0 Å². The second-order valence-electron chi connectivity index (χ2n) is 9.12. The zero-order valence-corrected chi connectivity index (χ0v) is 15.0. The number of fused-ring (bicyclic) bond motifs is 1. The van der Waals surface area contributed by atoms with E-state index in [1.165, 1.54) is 24.8 Å². The Bertz CT molecular complexity index is 558. The maximum atomic E-state index is 12.3. The van der Waals surface area contributed by atoms with Gasteiger partial charge in [-0.3, -0.25) is 14.9 Å². The molecule has 3 aliphatic carbocycles. The van der Waals surface area contributed by atoms with E-state index in [1.54, 1.807) is 0 Å². The summed E-state index contributed by atoms with van der Waals surface area (Å²) in [5, 5.41) is 11.2. The molecule has 0 N–H and O–H groups in total. The molecule has 0 amide bonds. The van der Waals surface area contributed by atoms with Gasteiger partial charge in [-0.15, -0.1) is 0 Å². The summed E-state index contributed by atoms with van der Waals surface area (Å²) in [7, 11) is 0. The molecule has 2 saturated carbocycles. The molecule has 2 fully saturated rings. The summed E-state index contributed by atoms with van der Waals surface area (Å²) in [6.45, 7) is 5.38. The fourth-order valence-corrected chi connectivity index (χ4v) is 4.61. The van der Waals surface area contributed by atoms with E-state index >= 15 is 0 Å². The summed E-state index contributed by atoms with van der Waals surface area (Å²) in [5.41, 5.74) is 0.390. The first kappa shape index (κ1) is 17.4. The number of rotatable bonds is 7. The van der Waals surface area contributed by atoms with E-state index < -0.39 is 11.0 Å². The van der Waals surface area contributed by atoms with Crippen molar-refractivity contribution < 1.29 is 14.5 Å². The van der Waals surface area contributed by atoms with Gasteiger partial charge in [-0.2, -0.15) is 0 Å². The number of allylic oxidation sites excluding steroid dienone is 2. The van der Waals surface area contributed by atoms with Crippen molar-refractivity contribution in [2.75, 3.05) is 6.54 Å². The van der Waals surface area contributed by atoms with Crippen molar-refractivity contribution in [3.63, 3.8) is 0 Å². The molecule has 0 aromatic rings. The molecule has 24 heavy (non-hydrogen) atoms. The SMILES string of the molecule is CC(C)(C)OC(=O)C[C@@]1(C[N+](=O)[O-])C[C@H]2CC(CCC3CC3)=C[C@H]21. The van der Waals surface area contributed by atoms with Gasteiger partial charge in [-0.25, -0.2) is 0 Å². The minimum atomic E-state index is -0.545. The summed E-state index contributed by atoms with van der Waals surface area (Å²) in [6.07, 6.45) is 9.42. The third-order valence-electron chi connectivity index (χ3n) is 5.75. The van der Waals surface area contributed by atoms with E-state index in [2.05, 4.69) is 6.08 Å². The largest absolute Gasteiger partial charge is 0.460 e. The van der Waals surface area contributed by atoms with Gasteiger partial charge in [0.25, 0.3) is 0 Å². The van der Waals surface area contributed by atoms with Crippen LogP contribution in [0.1, 0.15) is 65.7 Å². The average molecular weight is 335 g/mol. The van der Waals surface area contributed by atoms with Crippen molar-refractivity contribution in [3.05, 3.63) is 21.8 Å². The molecule has 0 heterocycles. The molecule has 0 radical (unpaired) electrons. The lowest BCUT2D eigenvalue weighted by molar-refractivity contribution is -0.506. The molecule has 0 bridgehead atoms. The predicted octanol–water partition coefficient (Wildman–Crippen LogP) is 4.14. The number of carbonyl (C=O) groups is 1. The van der Waals surface area contributed by atoms with Crippen LogP contribution in [0, 0.1) is 33.3 Å². The number of hydrogen-bond acceptors (Lipinski definition) is 4. The Morgan fingerprint density at radius 2 is 2.12 bits per heavy atom. The number of ether oxygens (including phenoxy) is 1. The van der Waals surface area contributed by atoms with Crippen molar-refractivity contribution >= 4 is 5.97 Å². The van der Waals surface area contributed by atoms with Gasteiger partial charge < -0.3 is 4.74 Å².